The van der Waals surface area contributed by atoms with Gasteiger partial charge >= 0.3 is 0 Å². The highest BCUT2D eigenvalue weighted by atomic mass is 32.2. The predicted molar refractivity (Wildman–Crippen MR) is 199 cm³/mol. The minimum Gasteiger partial charge on any atom is -0.321 e. The maximum atomic E-state index is 13.7. The van der Waals surface area contributed by atoms with E-state index in [0.717, 1.165) is 16.1 Å². The number of anilines is 2. The summed E-state index contributed by atoms with van der Waals surface area (Å²) in [6.45, 7) is 0. The van der Waals surface area contributed by atoms with E-state index in [1.54, 1.807) is 65.9 Å². The van der Waals surface area contributed by atoms with Crippen LogP contribution in [0.15, 0.2) is 143 Å². The number of nitrogens with zero attached hydrogens (tertiary/aromatic N) is 2. The van der Waals surface area contributed by atoms with E-state index in [2.05, 4.69) is 20.9 Å². The molecule has 4 aromatic carbocycles. The zero-order valence-corrected chi connectivity index (χ0v) is 28.5. The van der Waals surface area contributed by atoms with E-state index in [0.29, 0.717) is 21.3 Å². The minimum absolute atomic E-state index is 0.139. The molecule has 10 nitrogen and oxygen atoms in total. The lowest BCUT2D eigenvalue weighted by molar-refractivity contribution is -0.385. The van der Waals surface area contributed by atoms with Gasteiger partial charge in [-0.2, -0.15) is 0 Å². The second-order valence-corrected chi connectivity index (χ2v) is 13.6. The number of thiophene rings is 1. The second-order valence-electron chi connectivity index (χ2n) is 10.6. The molecule has 0 saturated heterocycles. The number of carbonyl (C=O) groups excluding carboxylic acids is 3. The van der Waals surface area contributed by atoms with Gasteiger partial charge in [0.15, 0.2) is 5.13 Å². The Kier molecular flexibility index (Phi) is 10.9. The van der Waals surface area contributed by atoms with Crippen LogP contribution in [0.25, 0.3) is 16.6 Å². The van der Waals surface area contributed by atoms with Gasteiger partial charge in [0.2, 0.25) is 5.91 Å². The number of nitro groups is 1. The van der Waals surface area contributed by atoms with Crippen molar-refractivity contribution in [2.75, 3.05) is 10.6 Å². The summed E-state index contributed by atoms with van der Waals surface area (Å²) >= 11 is 4.21. The summed E-state index contributed by atoms with van der Waals surface area (Å²) in [5.41, 5.74) is 1.97. The van der Waals surface area contributed by atoms with E-state index in [-0.39, 0.29) is 22.9 Å². The van der Waals surface area contributed by atoms with Gasteiger partial charge in [0, 0.05) is 27.6 Å². The molecule has 0 aliphatic rings. The highest BCUT2D eigenvalue weighted by Gasteiger charge is 2.24. The summed E-state index contributed by atoms with van der Waals surface area (Å²) in [7, 11) is 0. The zero-order chi connectivity index (χ0) is 34.9. The molecule has 0 saturated carbocycles. The molecule has 50 heavy (non-hydrogen) atoms. The minimum atomic E-state index is -0.697. The van der Waals surface area contributed by atoms with Crippen molar-refractivity contribution in [1.82, 2.24) is 10.3 Å². The average Bonchev–Trinajstić information content (AvgIpc) is 3.84. The van der Waals surface area contributed by atoms with Crippen LogP contribution in [0.1, 0.15) is 26.7 Å². The summed E-state index contributed by atoms with van der Waals surface area (Å²) in [5, 5.41) is 23.8. The lowest BCUT2D eigenvalue weighted by atomic mass is 10.1. The first-order valence-electron chi connectivity index (χ1n) is 15.1. The number of amides is 3. The third-order valence-corrected chi connectivity index (χ3v) is 10.1. The Bertz CT molecular complexity index is 2170. The van der Waals surface area contributed by atoms with Crippen LogP contribution in [0.2, 0.25) is 0 Å². The van der Waals surface area contributed by atoms with E-state index in [1.165, 1.54) is 47.4 Å². The molecule has 0 bridgehead atoms. The number of nitro benzene ring substituents is 1. The van der Waals surface area contributed by atoms with E-state index in [1.807, 2.05) is 59.3 Å². The van der Waals surface area contributed by atoms with Crippen molar-refractivity contribution in [3.63, 3.8) is 0 Å². The van der Waals surface area contributed by atoms with Crippen LogP contribution < -0.4 is 16.0 Å². The molecule has 0 aliphatic heterocycles. The number of aromatic nitrogens is 1. The van der Waals surface area contributed by atoms with Gasteiger partial charge < -0.3 is 16.0 Å². The molecule has 0 aliphatic carbocycles. The summed E-state index contributed by atoms with van der Waals surface area (Å²) in [6.07, 6.45) is 1.27. The number of rotatable bonds is 12. The Morgan fingerprint density at radius 3 is 2.30 bits per heavy atom. The third-order valence-electron chi connectivity index (χ3n) is 7.16. The molecule has 1 unspecified atom stereocenters. The van der Waals surface area contributed by atoms with Gasteiger partial charge in [-0.1, -0.05) is 72.8 Å². The molecular weight excluding hydrogens is 691 g/mol. The van der Waals surface area contributed by atoms with Gasteiger partial charge in [0.25, 0.3) is 17.5 Å². The molecule has 0 radical (unpaired) electrons. The maximum absolute atomic E-state index is 13.7. The van der Waals surface area contributed by atoms with Crippen LogP contribution in [0.3, 0.4) is 0 Å². The summed E-state index contributed by atoms with van der Waals surface area (Å²) < 4.78 is 0. The number of carbonyl (C=O) groups is 3. The van der Waals surface area contributed by atoms with Crippen molar-refractivity contribution in [3.05, 3.63) is 165 Å². The Hall–Kier alpha value is -5.89. The van der Waals surface area contributed by atoms with Crippen molar-refractivity contribution in [3.8, 4) is 10.6 Å². The lowest BCUT2D eigenvalue weighted by Crippen LogP contribution is -2.30. The molecular formula is C37H27N5O5S3. The number of hydrogen-bond donors (Lipinski definition) is 3. The van der Waals surface area contributed by atoms with Gasteiger partial charge in [0.05, 0.1) is 21.1 Å². The molecule has 2 aromatic heterocycles. The van der Waals surface area contributed by atoms with E-state index in [9.17, 15) is 24.5 Å². The van der Waals surface area contributed by atoms with Crippen LogP contribution in [-0.2, 0) is 9.59 Å². The number of para-hydroxylation sites is 1. The van der Waals surface area contributed by atoms with Crippen LogP contribution in [0, 0.1) is 10.1 Å². The first-order valence-corrected chi connectivity index (χ1v) is 17.7. The molecule has 3 N–H and O–H groups in total. The Balaban J connectivity index is 1.24. The number of hydrogen-bond acceptors (Lipinski definition) is 9. The number of thiazole rings is 1. The van der Waals surface area contributed by atoms with Gasteiger partial charge in [-0.15, -0.1) is 34.4 Å². The number of thioether (sulfide) groups is 1. The van der Waals surface area contributed by atoms with Crippen molar-refractivity contribution >= 4 is 74.7 Å². The quantitative estimate of drug-likeness (QED) is 0.0498. The SMILES string of the molecule is O=C(Nc1cccc(SC(C(=O)Nc2nc(-c3cccs3)cs2)c2ccccc2)c1)/C(=C\c1ccccc1[N+](=O)[O-])NC(=O)c1ccccc1. The van der Waals surface area contributed by atoms with Crippen molar-refractivity contribution in [2.24, 2.45) is 0 Å². The number of nitrogens with one attached hydrogen (secondary N) is 3. The molecule has 3 amide bonds. The van der Waals surface area contributed by atoms with Crippen molar-refractivity contribution in [1.29, 1.82) is 0 Å². The van der Waals surface area contributed by atoms with Crippen LogP contribution in [0.5, 0.6) is 0 Å². The van der Waals surface area contributed by atoms with Crippen molar-refractivity contribution in [2.45, 2.75) is 10.1 Å². The highest BCUT2D eigenvalue weighted by molar-refractivity contribution is 8.00. The highest BCUT2D eigenvalue weighted by Crippen LogP contribution is 2.38. The zero-order valence-electron chi connectivity index (χ0n) is 26.0. The molecule has 6 aromatic rings. The van der Waals surface area contributed by atoms with Gasteiger partial charge in [0.1, 0.15) is 10.9 Å². The summed E-state index contributed by atoms with van der Waals surface area (Å²) in [5.74, 6) is -1.52. The molecule has 0 fully saturated rings. The van der Waals surface area contributed by atoms with E-state index < -0.39 is 22.0 Å². The first-order chi connectivity index (χ1) is 24.3. The summed E-state index contributed by atoms with van der Waals surface area (Å²) in [4.78, 5) is 57.9. The van der Waals surface area contributed by atoms with E-state index >= 15 is 0 Å². The maximum Gasteiger partial charge on any atom is 0.276 e. The Labute approximate surface area is 299 Å². The fraction of sp³-hybridized carbons (Fsp3) is 0.0270. The fourth-order valence-corrected chi connectivity index (χ4v) is 7.35. The molecule has 0 spiro atoms. The molecule has 248 valence electrons. The van der Waals surface area contributed by atoms with Gasteiger partial charge in [-0.05, 0) is 59.5 Å². The first kappa shape index (κ1) is 34.0. The largest absolute Gasteiger partial charge is 0.321 e. The molecule has 1 atom stereocenters. The van der Waals surface area contributed by atoms with Crippen LogP contribution >= 0.6 is 34.4 Å². The Morgan fingerprint density at radius 2 is 1.56 bits per heavy atom. The average molecular weight is 718 g/mol. The van der Waals surface area contributed by atoms with Gasteiger partial charge in [-0.3, -0.25) is 24.5 Å². The summed E-state index contributed by atoms with van der Waals surface area (Å²) in [6, 6.07) is 34.4. The predicted octanol–water partition coefficient (Wildman–Crippen LogP) is 8.66. The monoisotopic (exact) mass is 717 g/mol. The third kappa shape index (κ3) is 8.57. The lowest BCUT2D eigenvalue weighted by Gasteiger charge is -2.17. The van der Waals surface area contributed by atoms with Gasteiger partial charge in [-0.25, -0.2) is 4.98 Å². The van der Waals surface area contributed by atoms with Crippen LogP contribution in [0.4, 0.5) is 16.5 Å². The van der Waals surface area contributed by atoms with Crippen molar-refractivity contribution < 1.29 is 19.3 Å². The molecule has 2 heterocycles. The Morgan fingerprint density at radius 1 is 0.820 bits per heavy atom. The van der Waals surface area contributed by atoms with E-state index in [4.69, 9.17) is 0 Å². The standard InChI is InChI=1S/C37H27N5O5S3/c43-34(25-13-5-2-6-14-25)39-29(21-26-15-7-8-18-31(26)42(46)47)35(44)38-27-16-9-17-28(22-27)50-33(24-11-3-1-4-12-24)36(45)41-37-40-30(23-49-37)32-19-10-20-48-32/h1-23,33H,(H,38,44)(H,39,43)(H,40,41,45)/b29-21+. The molecule has 13 heteroatoms. The smallest absolute Gasteiger partial charge is 0.276 e. The second kappa shape index (κ2) is 16.0. The van der Waals surface area contributed by atoms with Crippen LogP contribution in [-0.4, -0.2) is 27.6 Å². The fourth-order valence-electron chi connectivity index (χ4n) is 4.80. The number of benzene rings is 4. The topological polar surface area (TPSA) is 143 Å². The normalized spacial score (nSPS) is 11.7. The molecule has 6 rings (SSSR count).